The van der Waals surface area contributed by atoms with Gasteiger partial charge in [0, 0.05) is 18.6 Å². The quantitative estimate of drug-likeness (QED) is 0.567. The summed E-state index contributed by atoms with van der Waals surface area (Å²) < 4.78 is 0. The van der Waals surface area contributed by atoms with Crippen LogP contribution in [0.15, 0.2) is 0 Å². The molecule has 4 heteroatoms. The minimum atomic E-state index is 0.00282. The van der Waals surface area contributed by atoms with Crippen LogP contribution in [0.3, 0.4) is 0 Å². The van der Waals surface area contributed by atoms with Gasteiger partial charge in [-0.15, -0.1) is 0 Å². The Balaban J connectivity index is 1.72. The summed E-state index contributed by atoms with van der Waals surface area (Å²) in [6, 6.07) is 0.756. The molecule has 1 aliphatic carbocycles. The Labute approximate surface area is 78.5 Å². The van der Waals surface area contributed by atoms with Crippen molar-refractivity contribution in [2.24, 2.45) is 5.92 Å². The number of carbonyl (C=O) groups is 1. The summed E-state index contributed by atoms with van der Waals surface area (Å²) in [6.07, 6.45) is 2.29. The maximum absolute atomic E-state index is 11.3. The fourth-order valence-electron chi connectivity index (χ4n) is 1.63. The molecule has 0 aromatic rings. The first-order valence-electron chi connectivity index (χ1n) is 5.03. The standard InChI is InChI=1S/C9H17N3O/c1-6-4-10-5-8(6)12-9(13)11-7-2-3-7/h6-8,10H,2-5H2,1H3,(H2,11,12,13). The van der Waals surface area contributed by atoms with Crippen molar-refractivity contribution in [1.82, 2.24) is 16.0 Å². The van der Waals surface area contributed by atoms with Gasteiger partial charge in [-0.25, -0.2) is 4.79 Å². The van der Waals surface area contributed by atoms with E-state index in [0.717, 1.165) is 25.9 Å². The van der Waals surface area contributed by atoms with Gasteiger partial charge in [0.2, 0.25) is 0 Å². The molecule has 0 spiro atoms. The van der Waals surface area contributed by atoms with Crippen molar-refractivity contribution < 1.29 is 4.79 Å². The highest BCUT2D eigenvalue weighted by molar-refractivity contribution is 5.75. The normalized spacial score (nSPS) is 33.0. The van der Waals surface area contributed by atoms with Crippen molar-refractivity contribution in [3.63, 3.8) is 0 Å². The van der Waals surface area contributed by atoms with Crippen LogP contribution in [0.5, 0.6) is 0 Å². The van der Waals surface area contributed by atoms with Crippen molar-refractivity contribution in [1.29, 1.82) is 0 Å². The maximum Gasteiger partial charge on any atom is 0.315 e. The Morgan fingerprint density at radius 2 is 2.08 bits per heavy atom. The zero-order valence-corrected chi connectivity index (χ0v) is 7.97. The number of nitrogens with one attached hydrogen (secondary N) is 3. The zero-order chi connectivity index (χ0) is 9.26. The highest BCUT2D eigenvalue weighted by Crippen LogP contribution is 2.18. The van der Waals surface area contributed by atoms with Crippen LogP contribution in [0.4, 0.5) is 4.79 Å². The topological polar surface area (TPSA) is 53.2 Å². The van der Waals surface area contributed by atoms with Gasteiger partial charge in [-0.05, 0) is 25.3 Å². The first kappa shape index (κ1) is 8.81. The van der Waals surface area contributed by atoms with Crippen molar-refractivity contribution in [3.05, 3.63) is 0 Å². The summed E-state index contributed by atoms with van der Waals surface area (Å²) in [5, 5.41) is 9.16. The van der Waals surface area contributed by atoms with E-state index in [1.807, 2.05) is 0 Å². The van der Waals surface area contributed by atoms with Crippen molar-refractivity contribution >= 4 is 6.03 Å². The molecule has 1 aliphatic heterocycles. The van der Waals surface area contributed by atoms with Crippen LogP contribution in [0.2, 0.25) is 0 Å². The molecule has 4 nitrogen and oxygen atoms in total. The lowest BCUT2D eigenvalue weighted by molar-refractivity contribution is 0.235. The molecule has 0 radical (unpaired) electrons. The fraction of sp³-hybridized carbons (Fsp3) is 0.889. The third-order valence-electron chi connectivity index (χ3n) is 2.75. The average Bonchev–Trinajstić information content (AvgIpc) is 2.79. The molecule has 1 saturated carbocycles. The van der Waals surface area contributed by atoms with E-state index in [9.17, 15) is 4.79 Å². The van der Waals surface area contributed by atoms with Gasteiger partial charge in [-0.1, -0.05) is 6.92 Å². The van der Waals surface area contributed by atoms with E-state index < -0.39 is 0 Å². The molecule has 74 valence electrons. The summed E-state index contributed by atoms with van der Waals surface area (Å²) in [4.78, 5) is 11.3. The number of urea groups is 1. The lowest BCUT2D eigenvalue weighted by Gasteiger charge is -2.16. The lowest BCUT2D eigenvalue weighted by atomic mass is 10.1. The molecule has 2 atom stereocenters. The Morgan fingerprint density at radius 3 is 2.62 bits per heavy atom. The van der Waals surface area contributed by atoms with E-state index in [1.54, 1.807) is 0 Å². The maximum atomic E-state index is 11.3. The van der Waals surface area contributed by atoms with E-state index in [2.05, 4.69) is 22.9 Å². The lowest BCUT2D eigenvalue weighted by Crippen LogP contribution is -2.45. The minimum absolute atomic E-state index is 0.00282. The predicted octanol–water partition coefficient (Wildman–Crippen LogP) is 0.0559. The molecule has 2 aliphatic rings. The SMILES string of the molecule is CC1CNCC1NC(=O)NC1CC1. The van der Waals surface area contributed by atoms with Gasteiger partial charge in [-0.3, -0.25) is 0 Å². The molecule has 2 unspecified atom stereocenters. The Bertz CT molecular complexity index is 203. The Hall–Kier alpha value is -0.770. The van der Waals surface area contributed by atoms with Crippen LogP contribution >= 0.6 is 0 Å². The summed E-state index contributed by atoms with van der Waals surface area (Å²) in [5.41, 5.74) is 0. The third kappa shape index (κ3) is 2.34. The molecule has 0 bridgehead atoms. The second-order valence-corrected chi connectivity index (χ2v) is 4.13. The monoisotopic (exact) mass is 183 g/mol. The number of carbonyl (C=O) groups excluding carboxylic acids is 1. The van der Waals surface area contributed by atoms with Crippen LogP contribution in [0.25, 0.3) is 0 Å². The highest BCUT2D eigenvalue weighted by Gasteiger charge is 2.27. The number of amides is 2. The van der Waals surface area contributed by atoms with Gasteiger partial charge in [0.15, 0.2) is 0 Å². The molecular weight excluding hydrogens is 166 g/mol. The highest BCUT2D eigenvalue weighted by atomic mass is 16.2. The summed E-state index contributed by atoms with van der Waals surface area (Å²) in [6.45, 7) is 4.07. The molecule has 2 rings (SSSR count). The van der Waals surface area contributed by atoms with E-state index in [1.165, 1.54) is 0 Å². The number of hydrogen-bond acceptors (Lipinski definition) is 2. The van der Waals surface area contributed by atoms with E-state index in [4.69, 9.17) is 0 Å². The first-order chi connectivity index (χ1) is 6.25. The van der Waals surface area contributed by atoms with Gasteiger partial charge in [0.25, 0.3) is 0 Å². The van der Waals surface area contributed by atoms with Gasteiger partial charge in [-0.2, -0.15) is 0 Å². The summed E-state index contributed by atoms with van der Waals surface area (Å²) in [7, 11) is 0. The molecule has 1 saturated heterocycles. The molecular formula is C9H17N3O. The molecule has 13 heavy (non-hydrogen) atoms. The van der Waals surface area contributed by atoms with Crippen LogP contribution in [0.1, 0.15) is 19.8 Å². The fourth-order valence-corrected chi connectivity index (χ4v) is 1.63. The summed E-state index contributed by atoms with van der Waals surface area (Å²) in [5.74, 6) is 0.546. The minimum Gasteiger partial charge on any atom is -0.335 e. The van der Waals surface area contributed by atoms with Gasteiger partial charge in [0.1, 0.15) is 0 Å². The van der Waals surface area contributed by atoms with Crippen molar-refractivity contribution in [3.8, 4) is 0 Å². The van der Waals surface area contributed by atoms with Crippen LogP contribution in [0, 0.1) is 5.92 Å². The molecule has 1 heterocycles. The first-order valence-corrected chi connectivity index (χ1v) is 5.03. The predicted molar refractivity (Wildman–Crippen MR) is 50.5 cm³/mol. The average molecular weight is 183 g/mol. The number of hydrogen-bond donors (Lipinski definition) is 3. The molecule has 2 fully saturated rings. The molecule has 2 amide bonds. The Morgan fingerprint density at radius 1 is 1.31 bits per heavy atom. The smallest absolute Gasteiger partial charge is 0.315 e. The largest absolute Gasteiger partial charge is 0.335 e. The number of rotatable bonds is 2. The second kappa shape index (κ2) is 3.54. The van der Waals surface area contributed by atoms with E-state index >= 15 is 0 Å². The van der Waals surface area contributed by atoms with Gasteiger partial charge >= 0.3 is 6.03 Å². The molecule has 3 N–H and O–H groups in total. The van der Waals surface area contributed by atoms with Gasteiger partial charge < -0.3 is 16.0 Å². The zero-order valence-electron chi connectivity index (χ0n) is 7.97. The third-order valence-corrected chi connectivity index (χ3v) is 2.75. The van der Waals surface area contributed by atoms with Gasteiger partial charge in [0.05, 0.1) is 0 Å². The van der Waals surface area contributed by atoms with E-state index in [0.29, 0.717) is 18.0 Å². The summed E-state index contributed by atoms with van der Waals surface area (Å²) >= 11 is 0. The van der Waals surface area contributed by atoms with Crippen LogP contribution < -0.4 is 16.0 Å². The molecule has 0 aromatic heterocycles. The van der Waals surface area contributed by atoms with E-state index in [-0.39, 0.29) is 6.03 Å². The van der Waals surface area contributed by atoms with Crippen LogP contribution in [-0.2, 0) is 0 Å². The van der Waals surface area contributed by atoms with Crippen molar-refractivity contribution in [2.45, 2.75) is 31.8 Å². The Kier molecular flexibility index (Phi) is 2.40. The van der Waals surface area contributed by atoms with Crippen molar-refractivity contribution in [2.75, 3.05) is 13.1 Å². The second-order valence-electron chi connectivity index (χ2n) is 4.13. The van der Waals surface area contributed by atoms with Crippen LogP contribution in [-0.4, -0.2) is 31.2 Å². The molecule has 0 aromatic carbocycles.